The monoisotopic (exact) mass is 346 g/mol. The molecule has 0 spiro atoms. The molecule has 2 N–H and O–H groups in total. The molecule has 1 aromatic carbocycles. The molecule has 3 aromatic rings. The number of halogens is 1. The van der Waals surface area contributed by atoms with Crippen molar-refractivity contribution in [1.82, 2.24) is 20.3 Å². The van der Waals surface area contributed by atoms with Crippen LogP contribution in [0.4, 0.5) is 23.3 Å². The van der Waals surface area contributed by atoms with E-state index in [2.05, 4.69) is 31.0 Å². The van der Waals surface area contributed by atoms with Crippen molar-refractivity contribution in [2.75, 3.05) is 17.7 Å². The summed E-state index contributed by atoms with van der Waals surface area (Å²) in [4.78, 5) is 4.33. The lowest BCUT2D eigenvalue weighted by molar-refractivity contribution is 0.400. The van der Waals surface area contributed by atoms with Crippen molar-refractivity contribution in [2.24, 2.45) is 0 Å². The van der Waals surface area contributed by atoms with E-state index in [0.717, 1.165) is 11.3 Å². The van der Waals surface area contributed by atoms with Crippen molar-refractivity contribution < 1.29 is 9.26 Å². The Morgan fingerprint density at radius 3 is 2.67 bits per heavy atom. The number of nitrogens with one attached hydrogen (secondary N) is 2. The third-order valence-corrected chi connectivity index (χ3v) is 3.58. The number of anilines is 4. The fourth-order valence-electron chi connectivity index (χ4n) is 2.02. The molecule has 0 saturated heterocycles. The second-order valence-electron chi connectivity index (χ2n) is 5.04. The van der Waals surface area contributed by atoms with Gasteiger partial charge in [-0.3, -0.25) is 0 Å². The zero-order chi connectivity index (χ0) is 17.1. The minimum atomic E-state index is 0.290. The quantitative estimate of drug-likeness (QED) is 0.722. The van der Waals surface area contributed by atoms with E-state index in [0.29, 0.717) is 28.2 Å². The van der Waals surface area contributed by atoms with Crippen LogP contribution in [0.15, 0.2) is 28.9 Å². The Labute approximate surface area is 143 Å². The highest BCUT2D eigenvalue weighted by Gasteiger charge is 2.10. The maximum absolute atomic E-state index is 6.11. The highest BCUT2D eigenvalue weighted by atomic mass is 35.5. The van der Waals surface area contributed by atoms with E-state index in [1.54, 1.807) is 26.2 Å². The molecule has 0 atom stereocenters. The minimum Gasteiger partial charge on any atom is -0.495 e. The number of ether oxygens (including phenoxy) is 1. The first-order valence-corrected chi connectivity index (χ1v) is 7.44. The number of aromatic nitrogens is 4. The van der Waals surface area contributed by atoms with Gasteiger partial charge in [0.2, 0.25) is 5.95 Å². The summed E-state index contributed by atoms with van der Waals surface area (Å²) in [6.07, 6.45) is 1.50. The first kappa shape index (κ1) is 16.0. The van der Waals surface area contributed by atoms with Gasteiger partial charge in [-0.15, -0.1) is 5.10 Å². The van der Waals surface area contributed by atoms with Crippen LogP contribution >= 0.6 is 11.6 Å². The van der Waals surface area contributed by atoms with Gasteiger partial charge in [0.15, 0.2) is 11.6 Å². The molecule has 9 heteroatoms. The average molecular weight is 347 g/mol. The molecule has 24 heavy (non-hydrogen) atoms. The Hall–Kier alpha value is -2.87. The van der Waals surface area contributed by atoms with Crippen LogP contribution in [0, 0.1) is 13.8 Å². The van der Waals surface area contributed by atoms with Crippen molar-refractivity contribution in [3.8, 4) is 5.75 Å². The van der Waals surface area contributed by atoms with E-state index in [-0.39, 0.29) is 5.95 Å². The van der Waals surface area contributed by atoms with Crippen molar-refractivity contribution >= 4 is 34.9 Å². The Bertz CT molecular complexity index is 867. The number of methoxy groups -OCH3 is 1. The Morgan fingerprint density at radius 1 is 1.12 bits per heavy atom. The summed E-state index contributed by atoms with van der Waals surface area (Å²) in [6, 6.07) is 5.34. The molecule has 2 aromatic heterocycles. The summed E-state index contributed by atoms with van der Waals surface area (Å²) in [5.41, 5.74) is 1.64. The number of rotatable bonds is 5. The molecule has 0 radical (unpaired) electrons. The highest BCUT2D eigenvalue weighted by molar-refractivity contribution is 6.31. The van der Waals surface area contributed by atoms with Crippen LogP contribution in [-0.4, -0.2) is 27.4 Å². The fourth-order valence-corrected chi connectivity index (χ4v) is 2.18. The summed E-state index contributed by atoms with van der Waals surface area (Å²) in [5, 5.41) is 18.3. The van der Waals surface area contributed by atoms with Gasteiger partial charge in [-0.05, 0) is 25.5 Å². The van der Waals surface area contributed by atoms with E-state index in [1.807, 2.05) is 13.0 Å². The second-order valence-corrected chi connectivity index (χ2v) is 5.45. The fraction of sp³-hybridized carbons (Fsp3) is 0.200. The van der Waals surface area contributed by atoms with Gasteiger partial charge in [-0.2, -0.15) is 10.1 Å². The van der Waals surface area contributed by atoms with Gasteiger partial charge in [-0.25, -0.2) is 0 Å². The van der Waals surface area contributed by atoms with Crippen LogP contribution in [0.25, 0.3) is 0 Å². The van der Waals surface area contributed by atoms with E-state index < -0.39 is 0 Å². The van der Waals surface area contributed by atoms with E-state index in [4.69, 9.17) is 20.9 Å². The van der Waals surface area contributed by atoms with Crippen LogP contribution in [0.2, 0.25) is 5.02 Å². The van der Waals surface area contributed by atoms with Crippen LogP contribution in [0.5, 0.6) is 5.75 Å². The number of aryl methyl sites for hydroxylation is 2. The normalized spacial score (nSPS) is 10.5. The molecule has 124 valence electrons. The Kier molecular flexibility index (Phi) is 4.48. The molecular formula is C15H15ClN6O2. The Balaban J connectivity index is 1.83. The lowest BCUT2D eigenvalue weighted by Crippen LogP contribution is -2.03. The molecule has 0 unspecified atom stereocenters. The molecule has 0 aliphatic heterocycles. The molecule has 0 aliphatic rings. The molecule has 0 amide bonds. The zero-order valence-electron chi connectivity index (χ0n) is 13.3. The van der Waals surface area contributed by atoms with Gasteiger partial charge >= 0.3 is 0 Å². The lowest BCUT2D eigenvalue weighted by atomic mass is 10.2. The maximum atomic E-state index is 6.11. The van der Waals surface area contributed by atoms with Crippen LogP contribution < -0.4 is 15.4 Å². The Morgan fingerprint density at radius 2 is 1.96 bits per heavy atom. The molecular weight excluding hydrogens is 332 g/mol. The average Bonchev–Trinajstić information content (AvgIpc) is 2.96. The predicted octanol–water partition coefficient (Wildman–Crippen LogP) is 3.63. The summed E-state index contributed by atoms with van der Waals surface area (Å²) in [7, 11) is 1.57. The first-order chi connectivity index (χ1) is 11.5. The van der Waals surface area contributed by atoms with E-state index in [9.17, 15) is 0 Å². The van der Waals surface area contributed by atoms with Gasteiger partial charge in [0.25, 0.3) is 0 Å². The smallest absolute Gasteiger partial charge is 0.250 e. The molecule has 0 aliphatic carbocycles. The minimum absolute atomic E-state index is 0.290. The topological polar surface area (TPSA) is 98.0 Å². The van der Waals surface area contributed by atoms with Gasteiger partial charge in [0, 0.05) is 17.2 Å². The molecule has 2 heterocycles. The number of hydrogen-bond acceptors (Lipinski definition) is 8. The number of hydrogen-bond donors (Lipinski definition) is 2. The molecule has 0 saturated carbocycles. The predicted molar refractivity (Wildman–Crippen MR) is 90.4 cm³/mol. The number of nitrogens with zero attached hydrogens (tertiary/aromatic N) is 4. The summed E-state index contributed by atoms with van der Waals surface area (Å²) < 4.78 is 10.3. The van der Waals surface area contributed by atoms with Gasteiger partial charge in [0.05, 0.1) is 19.0 Å². The highest BCUT2D eigenvalue weighted by Crippen LogP contribution is 2.32. The molecule has 0 fully saturated rings. The first-order valence-electron chi connectivity index (χ1n) is 7.06. The van der Waals surface area contributed by atoms with Crippen molar-refractivity contribution in [1.29, 1.82) is 0 Å². The lowest BCUT2D eigenvalue weighted by Gasteiger charge is -2.12. The summed E-state index contributed by atoms with van der Waals surface area (Å²) >= 11 is 6.11. The molecule has 8 nitrogen and oxygen atoms in total. The standard InChI is InChI=1S/C15H15ClN6O2/c1-8-4-11(12(23-3)6-10(8)16)18-14-7-17-21-15(20-14)19-13-5-9(2)24-22-13/h4-7H,1-3H3,(H2,18,19,20,21,22). The molecule has 3 rings (SSSR count). The van der Waals surface area contributed by atoms with Crippen LogP contribution in [0.1, 0.15) is 11.3 Å². The van der Waals surface area contributed by atoms with Gasteiger partial charge in [0.1, 0.15) is 11.5 Å². The zero-order valence-corrected chi connectivity index (χ0v) is 14.0. The van der Waals surface area contributed by atoms with Crippen molar-refractivity contribution in [3.63, 3.8) is 0 Å². The van der Waals surface area contributed by atoms with Crippen LogP contribution in [-0.2, 0) is 0 Å². The third-order valence-electron chi connectivity index (χ3n) is 3.17. The van der Waals surface area contributed by atoms with Crippen molar-refractivity contribution in [2.45, 2.75) is 13.8 Å². The summed E-state index contributed by atoms with van der Waals surface area (Å²) in [6.45, 7) is 3.70. The molecule has 0 bridgehead atoms. The van der Waals surface area contributed by atoms with E-state index >= 15 is 0 Å². The largest absolute Gasteiger partial charge is 0.495 e. The van der Waals surface area contributed by atoms with Gasteiger partial charge in [-0.1, -0.05) is 16.8 Å². The van der Waals surface area contributed by atoms with Crippen molar-refractivity contribution in [3.05, 3.63) is 40.7 Å². The van der Waals surface area contributed by atoms with Crippen LogP contribution in [0.3, 0.4) is 0 Å². The summed E-state index contributed by atoms with van der Waals surface area (Å²) in [5.74, 6) is 2.57. The number of benzene rings is 1. The van der Waals surface area contributed by atoms with Gasteiger partial charge < -0.3 is 19.9 Å². The maximum Gasteiger partial charge on any atom is 0.250 e. The van der Waals surface area contributed by atoms with E-state index in [1.165, 1.54) is 6.20 Å². The second kappa shape index (κ2) is 6.71. The SMILES string of the molecule is COc1cc(Cl)c(C)cc1Nc1cnnc(Nc2cc(C)on2)n1. The third kappa shape index (κ3) is 3.54.